The Morgan fingerprint density at radius 2 is 2.00 bits per heavy atom. The molecule has 0 heterocycles. The Morgan fingerprint density at radius 3 is 2.17 bits per heavy atom. The van der Waals surface area contributed by atoms with Crippen molar-refractivity contribution < 1.29 is 0 Å². The maximum absolute atomic E-state index is 5.96. The second-order valence-corrected chi connectivity index (χ2v) is 0.524. The molecule has 0 aromatic rings. The van der Waals surface area contributed by atoms with E-state index in [-0.39, 0.29) is 0 Å². The Kier molecular flexibility index (Phi) is 3.67. The highest BCUT2D eigenvalue weighted by Crippen LogP contribution is 1.71. The Hall–Kier alpha value is -0.780. The van der Waals surface area contributed by atoms with E-state index in [2.05, 4.69) is 32.6 Å². The summed E-state index contributed by atoms with van der Waals surface area (Å²) in [5, 5.41) is 8.01. The molecule has 0 aromatic carbocycles. The fraction of sp³-hybridized carbons (Fsp3) is 0. The van der Waals surface area contributed by atoms with Gasteiger partial charge >= 0.3 is 0 Å². The Balaban J connectivity index is 3.17. The van der Waals surface area contributed by atoms with Crippen molar-refractivity contribution in [1.29, 1.82) is 5.53 Å². The van der Waals surface area contributed by atoms with Crippen LogP contribution in [0.4, 0.5) is 0 Å². The van der Waals surface area contributed by atoms with Crippen molar-refractivity contribution in [3.63, 3.8) is 0 Å². The molecule has 0 saturated carbocycles. The van der Waals surface area contributed by atoms with E-state index < -0.39 is 0 Å². The maximum atomic E-state index is 5.96. The van der Waals surface area contributed by atoms with Gasteiger partial charge in [-0.2, -0.15) is 5.53 Å². The molecule has 6 heavy (non-hydrogen) atoms. The first-order chi connectivity index (χ1) is 2.91. The van der Waals surface area contributed by atoms with E-state index in [4.69, 9.17) is 5.53 Å². The van der Waals surface area contributed by atoms with Gasteiger partial charge in [0.05, 0.1) is 12.4 Å². The van der Waals surface area contributed by atoms with E-state index >= 15 is 0 Å². The van der Waals surface area contributed by atoms with Crippen LogP contribution >= 0.6 is 0 Å². The van der Waals surface area contributed by atoms with Crippen LogP contribution in [0.15, 0.2) is 20.1 Å². The molecular formula is HN5S. The topological polar surface area (TPSA) is 73.3 Å². The lowest BCUT2D eigenvalue weighted by atomic mass is 12.5. The Bertz CT molecular complexity index is 62.0. The Morgan fingerprint density at radius 1 is 1.33 bits per heavy atom. The van der Waals surface area contributed by atoms with Crippen LogP contribution in [0, 0.1) is 5.53 Å². The molecule has 32 valence electrons. The van der Waals surface area contributed by atoms with Crippen molar-refractivity contribution in [3.8, 4) is 0 Å². The third-order valence-electron chi connectivity index (χ3n) is 0.121. The molecule has 0 spiro atoms. The summed E-state index contributed by atoms with van der Waals surface area (Å²) in [4.78, 5) is 0. The average molecular weight is 103 g/mol. The summed E-state index contributed by atoms with van der Waals surface area (Å²) in [7, 11) is 0. The standard InChI is InChI=1S/HN5S/c1-2-3-4-5-6/h1H/b2-1?,4-3+. The summed E-state index contributed by atoms with van der Waals surface area (Å²) in [6.07, 6.45) is 0. The van der Waals surface area contributed by atoms with Crippen LogP contribution in [0.25, 0.3) is 0 Å². The third kappa shape index (κ3) is 3.22. The van der Waals surface area contributed by atoms with Gasteiger partial charge in [-0.25, -0.2) is 0 Å². The van der Waals surface area contributed by atoms with Crippen molar-refractivity contribution in [2.75, 3.05) is 0 Å². The molecule has 0 fully saturated rings. The van der Waals surface area contributed by atoms with E-state index in [9.17, 15) is 0 Å². The van der Waals surface area contributed by atoms with E-state index in [1.54, 1.807) is 0 Å². The van der Waals surface area contributed by atoms with Crippen molar-refractivity contribution in [2.45, 2.75) is 0 Å². The summed E-state index contributed by atoms with van der Waals surface area (Å²) in [6.45, 7) is 0. The maximum Gasteiger partial charge on any atom is 0.0671 e. The molecule has 6 heteroatoms. The second-order valence-electron chi connectivity index (χ2n) is 0.361. The van der Waals surface area contributed by atoms with Gasteiger partial charge in [-0.3, -0.25) is 0 Å². The van der Waals surface area contributed by atoms with Crippen LogP contribution in [0.3, 0.4) is 0 Å². The highest BCUT2D eigenvalue weighted by molar-refractivity contribution is 7.47. The molecule has 1 N–H and O–H groups in total. The number of nitrogens with zero attached hydrogens (tertiary/aromatic N) is 4. The lowest BCUT2D eigenvalue weighted by Crippen LogP contribution is -1.36. The van der Waals surface area contributed by atoms with E-state index in [0.717, 1.165) is 0 Å². The van der Waals surface area contributed by atoms with Crippen LogP contribution in [0.5, 0.6) is 0 Å². The summed E-state index contributed by atoms with van der Waals surface area (Å²) in [5.41, 5.74) is 5.96. The van der Waals surface area contributed by atoms with Crippen molar-refractivity contribution >= 4 is 12.4 Å². The summed E-state index contributed by atoms with van der Waals surface area (Å²) < 4.78 is 2.75. The summed E-state index contributed by atoms with van der Waals surface area (Å²) in [5.74, 6) is 0. The zero-order valence-electron chi connectivity index (χ0n) is 2.70. The molecule has 5 nitrogen and oxygen atoms in total. The normalized spacial score (nSPS) is 8.67. The summed E-state index contributed by atoms with van der Waals surface area (Å²) >= 11 is 3.94. The first-order valence-corrected chi connectivity index (χ1v) is 1.37. The van der Waals surface area contributed by atoms with Gasteiger partial charge in [-0.15, -0.1) is 0 Å². The minimum atomic E-state index is 2.47. The van der Waals surface area contributed by atoms with Gasteiger partial charge in [0.1, 0.15) is 0 Å². The number of hydrogen-bond acceptors (Lipinski definition) is 2. The molecule has 0 radical (unpaired) electrons. The predicted octanol–water partition coefficient (Wildman–Crippen LogP) is 1.03. The van der Waals surface area contributed by atoms with Gasteiger partial charge < -0.3 is 0 Å². The molecule has 0 aliphatic heterocycles. The zero-order valence-corrected chi connectivity index (χ0v) is 3.51. The molecule has 0 bridgehead atoms. The van der Waals surface area contributed by atoms with Gasteiger partial charge in [-0.1, -0.05) is 4.47 Å². The lowest BCUT2D eigenvalue weighted by molar-refractivity contribution is 0.867. The first-order valence-electron chi connectivity index (χ1n) is 1.01. The molecular weight excluding hydrogens is 102 g/mol. The van der Waals surface area contributed by atoms with Gasteiger partial charge in [0, 0.05) is 0 Å². The van der Waals surface area contributed by atoms with Crippen molar-refractivity contribution in [3.05, 3.63) is 0 Å². The quantitative estimate of drug-likeness (QED) is 0.411. The third-order valence-corrected chi connectivity index (χ3v) is 0.194. The molecule has 0 amide bonds. The minimum Gasteiger partial charge on any atom is -0.183 e. The minimum absolute atomic E-state index is 2.47. The predicted molar refractivity (Wildman–Crippen MR) is 19.8 cm³/mol. The van der Waals surface area contributed by atoms with Crippen LogP contribution in [0.1, 0.15) is 0 Å². The lowest BCUT2D eigenvalue weighted by Gasteiger charge is -1.56. The van der Waals surface area contributed by atoms with Crippen LogP contribution in [-0.4, -0.2) is 0 Å². The van der Waals surface area contributed by atoms with Crippen molar-refractivity contribution in [2.24, 2.45) is 20.1 Å². The fourth-order valence-electron chi connectivity index (χ4n) is 0.0363. The molecule has 0 aromatic heterocycles. The van der Waals surface area contributed by atoms with Crippen LogP contribution < -0.4 is 0 Å². The van der Waals surface area contributed by atoms with Crippen LogP contribution in [-0.2, 0) is 12.4 Å². The highest BCUT2D eigenvalue weighted by Gasteiger charge is 1.51. The number of nitrogens with one attached hydrogen (secondary N) is 1. The van der Waals surface area contributed by atoms with Gasteiger partial charge in [0.15, 0.2) is 0 Å². The van der Waals surface area contributed by atoms with Gasteiger partial charge in [0.25, 0.3) is 0 Å². The van der Waals surface area contributed by atoms with Gasteiger partial charge in [0.2, 0.25) is 0 Å². The molecule has 0 rings (SSSR count). The molecule has 0 unspecified atom stereocenters. The molecule has 0 aliphatic rings. The molecule has 0 aliphatic carbocycles. The average Bonchev–Trinajstić information content (AvgIpc) is 1.61. The van der Waals surface area contributed by atoms with E-state index in [0.29, 0.717) is 0 Å². The SMILES string of the molecule is N=N/N=N/N=S. The van der Waals surface area contributed by atoms with Gasteiger partial charge in [-0.05, 0) is 15.7 Å². The Labute approximate surface area is 39.1 Å². The van der Waals surface area contributed by atoms with Crippen LogP contribution in [0.2, 0.25) is 0 Å². The highest BCUT2D eigenvalue weighted by atomic mass is 32.1. The number of rotatable bonds is 2. The molecule has 0 atom stereocenters. The number of hydrogen-bond donors (Lipinski definition) is 1. The molecule has 0 saturated heterocycles. The monoisotopic (exact) mass is 103 g/mol. The second kappa shape index (κ2) is 4.22. The van der Waals surface area contributed by atoms with E-state index in [1.807, 2.05) is 0 Å². The smallest absolute Gasteiger partial charge is 0.0671 e. The largest absolute Gasteiger partial charge is 0.183 e. The van der Waals surface area contributed by atoms with E-state index in [1.165, 1.54) is 0 Å². The summed E-state index contributed by atoms with van der Waals surface area (Å²) in [6, 6.07) is 0. The first kappa shape index (κ1) is 5.22. The fourth-order valence-corrected chi connectivity index (χ4v) is 0.0690. The zero-order chi connectivity index (χ0) is 4.83. The van der Waals surface area contributed by atoms with Crippen molar-refractivity contribution in [1.82, 2.24) is 0 Å².